The molecule has 0 amide bonds. The molecule has 0 aromatic rings. The molecule has 0 fully saturated rings. The molecule has 0 aliphatic carbocycles. The van der Waals surface area contributed by atoms with Gasteiger partial charge in [-0.1, -0.05) is 40.0 Å². The number of unbranched alkanes of at least 4 members (excludes halogenated alkanes) is 3. The molecule has 0 saturated carbocycles. The van der Waals surface area contributed by atoms with Gasteiger partial charge in [-0.25, -0.2) is 4.39 Å². The summed E-state index contributed by atoms with van der Waals surface area (Å²) in [6, 6.07) is 0. The molecule has 0 rings (SSSR count). The molecule has 0 aliphatic rings. The van der Waals surface area contributed by atoms with Gasteiger partial charge in [-0.05, 0) is 44.3 Å². The van der Waals surface area contributed by atoms with Crippen LogP contribution in [0.25, 0.3) is 0 Å². The molecule has 0 aromatic heterocycles. The Kier molecular flexibility index (Phi) is 13.3. The minimum atomic E-state index is -0.695. The molecule has 0 aliphatic heterocycles. The van der Waals surface area contributed by atoms with Crippen LogP contribution in [-0.2, 0) is 9.53 Å². The van der Waals surface area contributed by atoms with Crippen molar-refractivity contribution in [3.63, 3.8) is 0 Å². The van der Waals surface area contributed by atoms with Gasteiger partial charge in [0.05, 0.1) is 12.8 Å². The Morgan fingerprint density at radius 2 is 1.86 bits per heavy atom. The number of esters is 1. The number of thioether (sulfide) groups is 1. The fraction of sp³-hybridized carbons (Fsp3) is 0.941. The van der Waals surface area contributed by atoms with Gasteiger partial charge < -0.3 is 4.74 Å². The van der Waals surface area contributed by atoms with E-state index in [1.165, 1.54) is 0 Å². The summed E-state index contributed by atoms with van der Waals surface area (Å²) in [6.07, 6.45) is 5.84. The van der Waals surface area contributed by atoms with Crippen molar-refractivity contribution in [3.05, 3.63) is 0 Å². The van der Waals surface area contributed by atoms with Gasteiger partial charge in [-0.2, -0.15) is 0 Å². The van der Waals surface area contributed by atoms with E-state index in [2.05, 4.69) is 20.8 Å². The van der Waals surface area contributed by atoms with Crippen molar-refractivity contribution in [2.24, 2.45) is 5.92 Å². The minimum Gasteiger partial charge on any atom is -0.465 e. The maximum Gasteiger partial charge on any atom is 0.319 e. The van der Waals surface area contributed by atoms with Gasteiger partial charge in [-0.3, -0.25) is 4.79 Å². The van der Waals surface area contributed by atoms with Crippen molar-refractivity contribution in [1.82, 2.24) is 0 Å². The van der Waals surface area contributed by atoms with Gasteiger partial charge in [0, 0.05) is 0 Å². The van der Waals surface area contributed by atoms with Crippen LogP contribution in [0.2, 0.25) is 0 Å². The van der Waals surface area contributed by atoms with Gasteiger partial charge in [0.2, 0.25) is 0 Å². The van der Waals surface area contributed by atoms with Gasteiger partial charge in [-0.15, -0.1) is 11.8 Å². The van der Waals surface area contributed by atoms with E-state index in [-0.39, 0.29) is 11.2 Å². The summed E-state index contributed by atoms with van der Waals surface area (Å²) in [5, 5.41) is -0.0399. The van der Waals surface area contributed by atoms with Crippen LogP contribution < -0.4 is 0 Å². The van der Waals surface area contributed by atoms with Gasteiger partial charge >= 0.3 is 5.97 Å². The zero-order valence-corrected chi connectivity index (χ0v) is 15.0. The van der Waals surface area contributed by atoms with E-state index >= 15 is 0 Å². The minimum absolute atomic E-state index is 0.0399. The number of carbonyl (C=O) groups excluding carboxylic acids is 1. The number of rotatable bonds is 13. The number of hydrogen-bond acceptors (Lipinski definition) is 3. The number of ether oxygens (including phenoxy) is 1. The van der Waals surface area contributed by atoms with Crippen LogP contribution in [-0.4, -0.2) is 29.8 Å². The van der Waals surface area contributed by atoms with E-state index in [4.69, 9.17) is 4.74 Å². The summed E-state index contributed by atoms with van der Waals surface area (Å²) in [5.74, 6) is 1.40. The summed E-state index contributed by atoms with van der Waals surface area (Å²) >= 11 is 1.71. The number of hydrogen-bond donors (Lipinski definition) is 0. The monoisotopic (exact) mass is 320 g/mol. The standard InChI is InChI=1S/C17H33FO2S/c1-5-6-11-20-17(19)16(13-14(2)3)21-12-9-7-8-10-15(4)18/h14-16H,5-13H2,1-4H3. The maximum atomic E-state index is 12.7. The third-order valence-corrected chi connectivity index (χ3v) is 4.57. The third kappa shape index (κ3) is 13.2. The van der Waals surface area contributed by atoms with Crippen LogP contribution in [0.4, 0.5) is 4.39 Å². The van der Waals surface area contributed by atoms with E-state index in [0.29, 0.717) is 18.9 Å². The first kappa shape index (κ1) is 20.8. The Hall–Kier alpha value is -0.250. The first-order valence-electron chi connectivity index (χ1n) is 8.39. The number of alkyl halides is 1. The normalized spacial score (nSPS) is 14.2. The molecule has 0 N–H and O–H groups in total. The average Bonchev–Trinajstić information content (AvgIpc) is 2.40. The summed E-state index contributed by atoms with van der Waals surface area (Å²) in [4.78, 5) is 12.1. The topological polar surface area (TPSA) is 26.3 Å². The van der Waals surface area contributed by atoms with Gasteiger partial charge in [0.1, 0.15) is 5.25 Å². The van der Waals surface area contributed by atoms with Crippen LogP contribution in [0, 0.1) is 5.92 Å². The molecule has 4 heteroatoms. The van der Waals surface area contributed by atoms with Crippen LogP contribution in [0.1, 0.15) is 72.6 Å². The van der Waals surface area contributed by atoms with Crippen LogP contribution in [0.15, 0.2) is 0 Å². The highest BCUT2D eigenvalue weighted by Gasteiger charge is 2.21. The summed E-state index contributed by atoms with van der Waals surface area (Å²) in [6.45, 7) is 8.51. The van der Waals surface area contributed by atoms with Gasteiger partial charge in [0.25, 0.3) is 0 Å². The molecule has 0 radical (unpaired) electrons. The highest BCUT2D eigenvalue weighted by Crippen LogP contribution is 2.22. The highest BCUT2D eigenvalue weighted by molar-refractivity contribution is 8.00. The molecule has 0 aromatic carbocycles. The van der Waals surface area contributed by atoms with Crippen LogP contribution >= 0.6 is 11.8 Å². The first-order valence-corrected chi connectivity index (χ1v) is 9.44. The Balaban J connectivity index is 3.92. The Labute approximate surface area is 134 Å². The second-order valence-electron chi connectivity index (χ2n) is 6.14. The first-order chi connectivity index (χ1) is 9.97. The van der Waals surface area contributed by atoms with Crippen molar-refractivity contribution < 1.29 is 13.9 Å². The van der Waals surface area contributed by atoms with Crippen LogP contribution in [0.3, 0.4) is 0 Å². The van der Waals surface area contributed by atoms with E-state index in [1.54, 1.807) is 18.7 Å². The van der Waals surface area contributed by atoms with Crippen molar-refractivity contribution >= 4 is 17.7 Å². The Bertz CT molecular complexity index is 257. The number of halogens is 1. The molecule has 0 spiro atoms. The fourth-order valence-electron chi connectivity index (χ4n) is 2.00. The zero-order valence-electron chi connectivity index (χ0n) is 14.2. The van der Waals surface area contributed by atoms with E-state index in [0.717, 1.165) is 44.3 Å². The highest BCUT2D eigenvalue weighted by atomic mass is 32.2. The summed E-state index contributed by atoms with van der Waals surface area (Å²) in [5.41, 5.74) is 0. The molecular formula is C17H33FO2S. The molecule has 21 heavy (non-hydrogen) atoms. The molecule has 2 atom stereocenters. The Morgan fingerprint density at radius 3 is 2.43 bits per heavy atom. The average molecular weight is 321 g/mol. The van der Waals surface area contributed by atoms with E-state index in [9.17, 15) is 9.18 Å². The Morgan fingerprint density at radius 1 is 1.14 bits per heavy atom. The predicted octanol–water partition coefficient (Wildman–Crippen LogP) is 5.40. The fourth-order valence-corrected chi connectivity index (χ4v) is 3.38. The lowest BCUT2D eigenvalue weighted by atomic mass is 10.1. The lowest BCUT2D eigenvalue weighted by Gasteiger charge is -2.17. The van der Waals surface area contributed by atoms with Crippen molar-refractivity contribution in [2.75, 3.05) is 12.4 Å². The van der Waals surface area contributed by atoms with Gasteiger partial charge in [0.15, 0.2) is 0 Å². The molecule has 0 saturated heterocycles. The molecular weight excluding hydrogens is 287 g/mol. The van der Waals surface area contributed by atoms with E-state index in [1.807, 2.05) is 0 Å². The predicted molar refractivity (Wildman–Crippen MR) is 90.6 cm³/mol. The molecule has 0 bridgehead atoms. The SMILES string of the molecule is CCCCOC(=O)C(CC(C)C)SCCCCCC(C)F. The second kappa shape index (κ2) is 13.4. The molecule has 126 valence electrons. The lowest BCUT2D eigenvalue weighted by Crippen LogP contribution is -2.23. The van der Waals surface area contributed by atoms with Crippen molar-refractivity contribution in [1.29, 1.82) is 0 Å². The quantitative estimate of drug-likeness (QED) is 0.336. The van der Waals surface area contributed by atoms with Crippen molar-refractivity contribution in [2.45, 2.75) is 84.1 Å². The second-order valence-corrected chi connectivity index (χ2v) is 7.45. The number of carbonyl (C=O) groups is 1. The maximum absolute atomic E-state index is 12.7. The molecule has 2 nitrogen and oxygen atoms in total. The van der Waals surface area contributed by atoms with Crippen molar-refractivity contribution in [3.8, 4) is 0 Å². The summed E-state index contributed by atoms with van der Waals surface area (Å²) < 4.78 is 18.0. The summed E-state index contributed by atoms with van der Waals surface area (Å²) in [7, 11) is 0. The van der Waals surface area contributed by atoms with Crippen LogP contribution in [0.5, 0.6) is 0 Å². The largest absolute Gasteiger partial charge is 0.465 e. The van der Waals surface area contributed by atoms with E-state index < -0.39 is 6.17 Å². The zero-order chi connectivity index (χ0) is 16.1. The third-order valence-electron chi connectivity index (χ3n) is 3.26. The lowest BCUT2D eigenvalue weighted by molar-refractivity contribution is -0.143. The molecule has 0 heterocycles. The molecule has 2 unspecified atom stereocenters. The smallest absolute Gasteiger partial charge is 0.319 e.